The summed E-state index contributed by atoms with van der Waals surface area (Å²) in [6.45, 7) is 7.83. The molecule has 8 heteroatoms. The molecule has 1 saturated heterocycles. The van der Waals surface area contributed by atoms with Gasteiger partial charge in [-0.15, -0.1) is 0 Å². The van der Waals surface area contributed by atoms with Gasteiger partial charge in [-0.1, -0.05) is 30.3 Å². The molecule has 0 saturated carbocycles. The maximum Gasteiger partial charge on any atom is 0.498 e. The molecule has 144 valence electrons. The van der Waals surface area contributed by atoms with Crippen LogP contribution in [0.5, 0.6) is 0 Å². The number of anilines is 1. The van der Waals surface area contributed by atoms with Crippen molar-refractivity contribution in [2.75, 3.05) is 5.32 Å². The lowest BCUT2D eigenvalue weighted by Gasteiger charge is -2.32. The minimum atomic E-state index is -4.50. The van der Waals surface area contributed by atoms with Gasteiger partial charge < -0.3 is 14.6 Å². The molecule has 1 aromatic heterocycles. The average molecular weight is 378 g/mol. The second-order valence-electron chi connectivity index (χ2n) is 7.59. The lowest BCUT2D eigenvalue weighted by molar-refractivity contribution is -0.137. The number of hydrogen-bond donors (Lipinski definition) is 1. The summed E-state index contributed by atoms with van der Waals surface area (Å²) >= 11 is 0. The lowest BCUT2D eigenvalue weighted by atomic mass is 9.78. The molecular formula is C19H22BF3N2O2. The van der Waals surface area contributed by atoms with Gasteiger partial charge in [0.25, 0.3) is 0 Å². The largest absolute Gasteiger partial charge is 0.498 e. The van der Waals surface area contributed by atoms with Crippen molar-refractivity contribution in [3.05, 3.63) is 53.7 Å². The second-order valence-corrected chi connectivity index (χ2v) is 7.59. The normalized spacial score (nSPS) is 18.6. The van der Waals surface area contributed by atoms with Crippen LogP contribution in [-0.4, -0.2) is 23.3 Å². The van der Waals surface area contributed by atoms with Crippen LogP contribution in [0.25, 0.3) is 0 Å². The van der Waals surface area contributed by atoms with Gasteiger partial charge in [0.15, 0.2) is 0 Å². The Morgan fingerprint density at radius 3 is 2.19 bits per heavy atom. The van der Waals surface area contributed by atoms with E-state index >= 15 is 0 Å². The molecule has 1 N–H and O–H groups in total. The summed E-state index contributed by atoms with van der Waals surface area (Å²) in [5.74, 6) is 0.311. The molecule has 0 spiro atoms. The van der Waals surface area contributed by atoms with Crippen LogP contribution in [0.2, 0.25) is 0 Å². The molecule has 2 heterocycles. The predicted molar refractivity (Wildman–Crippen MR) is 98.7 cm³/mol. The van der Waals surface area contributed by atoms with Crippen LogP contribution in [0.4, 0.5) is 19.0 Å². The molecule has 0 unspecified atom stereocenters. The van der Waals surface area contributed by atoms with Gasteiger partial charge in [0.2, 0.25) is 0 Å². The van der Waals surface area contributed by atoms with Gasteiger partial charge in [0.05, 0.1) is 16.8 Å². The Hall–Kier alpha value is -2.06. The highest BCUT2D eigenvalue weighted by molar-refractivity contribution is 6.63. The van der Waals surface area contributed by atoms with E-state index in [4.69, 9.17) is 9.31 Å². The first kappa shape index (κ1) is 19.7. The zero-order valence-corrected chi connectivity index (χ0v) is 15.7. The third-order valence-electron chi connectivity index (χ3n) is 5.05. The van der Waals surface area contributed by atoms with Crippen molar-refractivity contribution in [1.29, 1.82) is 0 Å². The van der Waals surface area contributed by atoms with Crippen molar-refractivity contribution in [3.63, 3.8) is 0 Å². The monoisotopic (exact) mass is 378 g/mol. The molecule has 0 radical (unpaired) electrons. The van der Waals surface area contributed by atoms with Crippen LogP contribution in [0.3, 0.4) is 0 Å². The fourth-order valence-electron chi connectivity index (χ4n) is 2.72. The van der Waals surface area contributed by atoms with E-state index in [1.165, 1.54) is 0 Å². The number of aromatic nitrogens is 1. The molecule has 27 heavy (non-hydrogen) atoms. The fraction of sp³-hybridized carbons (Fsp3) is 0.421. The van der Waals surface area contributed by atoms with Gasteiger partial charge in [-0.25, -0.2) is 4.98 Å². The number of nitrogens with one attached hydrogen (secondary N) is 1. The van der Waals surface area contributed by atoms with Gasteiger partial charge in [-0.2, -0.15) is 13.2 Å². The molecule has 3 rings (SSSR count). The van der Waals surface area contributed by atoms with E-state index in [-0.39, 0.29) is 5.46 Å². The molecular weight excluding hydrogens is 356 g/mol. The first-order valence-electron chi connectivity index (χ1n) is 8.70. The first-order chi connectivity index (χ1) is 12.5. The van der Waals surface area contributed by atoms with Crippen molar-refractivity contribution in [2.24, 2.45) is 0 Å². The van der Waals surface area contributed by atoms with E-state index in [1.807, 2.05) is 58.0 Å². The zero-order valence-electron chi connectivity index (χ0n) is 15.7. The third-order valence-corrected chi connectivity index (χ3v) is 5.05. The quantitative estimate of drug-likeness (QED) is 0.817. The highest BCUT2D eigenvalue weighted by Gasteiger charge is 2.52. The van der Waals surface area contributed by atoms with Gasteiger partial charge in [0.1, 0.15) is 5.82 Å². The lowest BCUT2D eigenvalue weighted by Crippen LogP contribution is -2.41. The molecule has 0 aliphatic carbocycles. The number of rotatable bonds is 4. The van der Waals surface area contributed by atoms with Crippen molar-refractivity contribution in [3.8, 4) is 0 Å². The summed E-state index contributed by atoms with van der Waals surface area (Å²) in [4.78, 5) is 4.01. The minimum Gasteiger partial charge on any atom is -0.399 e. The molecule has 1 aliphatic rings. The number of pyridine rings is 1. The molecule has 1 fully saturated rings. The van der Waals surface area contributed by atoms with Crippen LogP contribution in [0.15, 0.2) is 42.6 Å². The van der Waals surface area contributed by atoms with Crippen molar-refractivity contribution >= 4 is 18.4 Å². The summed E-state index contributed by atoms with van der Waals surface area (Å²) in [6.07, 6.45) is -3.68. The van der Waals surface area contributed by atoms with Crippen molar-refractivity contribution in [1.82, 2.24) is 4.98 Å². The number of benzene rings is 1. The maximum atomic E-state index is 13.2. The molecule has 0 atom stereocenters. The Morgan fingerprint density at radius 1 is 1.04 bits per heavy atom. The van der Waals surface area contributed by atoms with Crippen LogP contribution in [0.1, 0.15) is 38.8 Å². The van der Waals surface area contributed by atoms with Gasteiger partial charge >= 0.3 is 13.3 Å². The van der Waals surface area contributed by atoms with Crippen LogP contribution >= 0.6 is 0 Å². The average Bonchev–Trinajstić information content (AvgIpc) is 2.80. The SMILES string of the molecule is CC1(C)OB(c2cc(C(F)(F)F)cnc2NCc2ccccc2)OC1(C)C. The molecule has 4 nitrogen and oxygen atoms in total. The highest BCUT2D eigenvalue weighted by atomic mass is 19.4. The summed E-state index contributed by atoms with van der Waals surface area (Å²) in [5.41, 5.74) is -0.943. The highest BCUT2D eigenvalue weighted by Crippen LogP contribution is 2.37. The zero-order chi connectivity index (χ0) is 19.9. The second kappa shape index (κ2) is 6.84. The van der Waals surface area contributed by atoms with E-state index < -0.39 is 30.1 Å². The number of hydrogen-bond acceptors (Lipinski definition) is 4. The van der Waals surface area contributed by atoms with E-state index in [2.05, 4.69) is 10.3 Å². The van der Waals surface area contributed by atoms with E-state index in [0.717, 1.165) is 17.8 Å². The molecule has 0 bridgehead atoms. The predicted octanol–water partition coefficient (Wildman–Crippen LogP) is 4.01. The molecule has 0 amide bonds. The van der Waals surface area contributed by atoms with Crippen LogP contribution < -0.4 is 10.8 Å². The Labute approximate surface area is 157 Å². The topological polar surface area (TPSA) is 43.4 Å². The van der Waals surface area contributed by atoms with Crippen LogP contribution in [-0.2, 0) is 22.0 Å². The Kier molecular flexibility index (Phi) is 4.99. The van der Waals surface area contributed by atoms with Crippen molar-refractivity contribution in [2.45, 2.75) is 51.6 Å². The van der Waals surface area contributed by atoms with E-state index in [1.54, 1.807) is 0 Å². The molecule has 1 aliphatic heterocycles. The Morgan fingerprint density at radius 2 is 1.63 bits per heavy atom. The van der Waals surface area contributed by atoms with Crippen LogP contribution in [0, 0.1) is 0 Å². The Balaban J connectivity index is 1.94. The van der Waals surface area contributed by atoms with E-state index in [0.29, 0.717) is 12.4 Å². The fourth-order valence-corrected chi connectivity index (χ4v) is 2.72. The third kappa shape index (κ3) is 4.11. The Bertz CT molecular complexity index is 794. The van der Waals surface area contributed by atoms with Gasteiger partial charge in [-0.05, 0) is 39.3 Å². The molecule has 1 aromatic carbocycles. The molecule has 2 aromatic rings. The summed E-state index contributed by atoms with van der Waals surface area (Å²) < 4.78 is 51.5. The summed E-state index contributed by atoms with van der Waals surface area (Å²) in [7, 11) is -0.942. The standard InChI is InChI=1S/C19H22BF3N2O2/c1-17(2)18(3,4)27-20(26-17)15-10-14(19(21,22)23)12-25-16(15)24-11-13-8-6-5-7-9-13/h5-10,12H,11H2,1-4H3,(H,24,25). The number of nitrogens with zero attached hydrogens (tertiary/aromatic N) is 1. The number of alkyl halides is 3. The number of halogens is 3. The smallest absolute Gasteiger partial charge is 0.399 e. The summed E-state index contributed by atoms with van der Waals surface area (Å²) in [6, 6.07) is 10.6. The first-order valence-corrected chi connectivity index (χ1v) is 8.70. The van der Waals surface area contributed by atoms with Crippen molar-refractivity contribution < 1.29 is 22.5 Å². The van der Waals surface area contributed by atoms with E-state index in [9.17, 15) is 13.2 Å². The summed E-state index contributed by atoms with van der Waals surface area (Å²) in [5, 5.41) is 3.10. The van der Waals surface area contributed by atoms with Gasteiger partial charge in [0, 0.05) is 18.2 Å². The van der Waals surface area contributed by atoms with Gasteiger partial charge in [-0.3, -0.25) is 0 Å². The maximum absolute atomic E-state index is 13.2. The minimum absolute atomic E-state index is 0.236.